The minimum Gasteiger partial charge on any atom is -0.313 e. The molecule has 1 fully saturated rings. The van der Waals surface area contributed by atoms with Gasteiger partial charge in [0.1, 0.15) is 0 Å². The number of benzene rings is 1. The maximum absolute atomic E-state index is 3.44. The second-order valence-electron chi connectivity index (χ2n) is 5.28. The van der Waals surface area contributed by atoms with Gasteiger partial charge in [-0.05, 0) is 49.4 Å². The summed E-state index contributed by atoms with van der Waals surface area (Å²) in [5, 5.41) is 3.44. The highest BCUT2D eigenvalue weighted by molar-refractivity contribution is 7.99. The van der Waals surface area contributed by atoms with E-state index in [1.807, 2.05) is 11.8 Å². The Morgan fingerprint density at radius 1 is 1.17 bits per heavy atom. The summed E-state index contributed by atoms with van der Waals surface area (Å²) in [5.41, 5.74) is 1.40. The molecule has 0 saturated heterocycles. The number of rotatable bonds is 7. The third-order valence-electron chi connectivity index (χ3n) is 3.64. The monoisotopic (exact) mass is 263 g/mol. The number of hydrogen-bond acceptors (Lipinski definition) is 2. The molecular formula is C16H25NS. The van der Waals surface area contributed by atoms with Crippen LogP contribution in [-0.2, 0) is 6.54 Å². The quantitative estimate of drug-likeness (QED) is 0.575. The van der Waals surface area contributed by atoms with Crippen molar-refractivity contribution in [3.8, 4) is 0 Å². The smallest absolute Gasteiger partial charge is 0.0205 e. The van der Waals surface area contributed by atoms with Crippen LogP contribution in [0.4, 0.5) is 0 Å². The summed E-state index contributed by atoms with van der Waals surface area (Å²) >= 11 is 2.03. The van der Waals surface area contributed by atoms with Crippen LogP contribution in [0.25, 0.3) is 0 Å². The second kappa shape index (κ2) is 7.85. The summed E-state index contributed by atoms with van der Waals surface area (Å²) in [5.74, 6) is 2.29. The summed E-state index contributed by atoms with van der Waals surface area (Å²) in [6, 6.07) is 9.09. The molecule has 1 aliphatic rings. The van der Waals surface area contributed by atoms with Gasteiger partial charge in [-0.2, -0.15) is 0 Å². The Morgan fingerprint density at radius 2 is 1.89 bits per heavy atom. The second-order valence-corrected chi connectivity index (χ2v) is 6.38. The molecule has 100 valence electrons. The highest BCUT2D eigenvalue weighted by Crippen LogP contribution is 2.30. The van der Waals surface area contributed by atoms with Gasteiger partial charge in [0.2, 0.25) is 0 Å². The fraction of sp³-hybridized carbons (Fsp3) is 0.625. The number of thioether (sulfide) groups is 1. The molecule has 0 atom stereocenters. The van der Waals surface area contributed by atoms with Crippen LogP contribution in [0.1, 0.15) is 44.6 Å². The van der Waals surface area contributed by atoms with Crippen molar-refractivity contribution in [3.63, 3.8) is 0 Å². The van der Waals surface area contributed by atoms with E-state index in [0.717, 1.165) is 19.0 Å². The average Bonchev–Trinajstić information content (AvgIpc) is 2.91. The van der Waals surface area contributed by atoms with Crippen LogP contribution < -0.4 is 5.32 Å². The van der Waals surface area contributed by atoms with Crippen LogP contribution >= 0.6 is 11.8 Å². The van der Waals surface area contributed by atoms with Gasteiger partial charge in [-0.3, -0.25) is 0 Å². The molecule has 0 aliphatic heterocycles. The summed E-state index contributed by atoms with van der Waals surface area (Å²) in [7, 11) is 0. The van der Waals surface area contributed by atoms with Gasteiger partial charge in [-0.15, -0.1) is 11.8 Å². The standard InChI is InChI=1S/C16H25NS/c1-2-11-17-12-14-7-9-16(10-8-14)18-13-15-5-3-4-6-15/h7-10,15,17H,2-6,11-13H2,1H3. The van der Waals surface area contributed by atoms with E-state index < -0.39 is 0 Å². The number of hydrogen-bond donors (Lipinski definition) is 1. The van der Waals surface area contributed by atoms with Gasteiger partial charge < -0.3 is 5.32 Å². The zero-order valence-electron chi connectivity index (χ0n) is 11.5. The number of nitrogens with one attached hydrogen (secondary N) is 1. The van der Waals surface area contributed by atoms with E-state index in [1.54, 1.807) is 0 Å². The van der Waals surface area contributed by atoms with E-state index in [0.29, 0.717) is 0 Å². The van der Waals surface area contributed by atoms with Crippen LogP contribution in [-0.4, -0.2) is 12.3 Å². The van der Waals surface area contributed by atoms with Crippen LogP contribution in [0.2, 0.25) is 0 Å². The molecule has 18 heavy (non-hydrogen) atoms. The van der Waals surface area contributed by atoms with Gasteiger partial charge in [0, 0.05) is 17.2 Å². The largest absolute Gasteiger partial charge is 0.313 e. The molecule has 1 aliphatic carbocycles. The molecule has 1 aromatic carbocycles. The molecule has 1 nitrogen and oxygen atoms in total. The van der Waals surface area contributed by atoms with Crippen LogP contribution in [0.3, 0.4) is 0 Å². The van der Waals surface area contributed by atoms with Gasteiger partial charge in [-0.25, -0.2) is 0 Å². The first kappa shape index (κ1) is 14.0. The molecule has 0 aromatic heterocycles. The molecule has 2 heteroatoms. The fourth-order valence-electron chi connectivity index (χ4n) is 2.50. The van der Waals surface area contributed by atoms with E-state index >= 15 is 0 Å². The van der Waals surface area contributed by atoms with Crippen molar-refractivity contribution in [2.75, 3.05) is 12.3 Å². The Morgan fingerprint density at radius 3 is 2.56 bits per heavy atom. The van der Waals surface area contributed by atoms with Crippen molar-refractivity contribution < 1.29 is 0 Å². The lowest BCUT2D eigenvalue weighted by atomic mass is 10.1. The maximum Gasteiger partial charge on any atom is 0.0205 e. The molecular weight excluding hydrogens is 238 g/mol. The van der Waals surface area contributed by atoms with Gasteiger partial charge in [0.05, 0.1) is 0 Å². The van der Waals surface area contributed by atoms with Gasteiger partial charge in [-0.1, -0.05) is 31.9 Å². The van der Waals surface area contributed by atoms with Gasteiger partial charge >= 0.3 is 0 Å². The summed E-state index contributed by atoms with van der Waals surface area (Å²) in [6.07, 6.45) is 7.01. The molecule has 0 unspecified atom stereocenters. The predicted octanol–water partition coefficient (Wildman–Crippen LogP) is 4.47. The fourth-order valence-corrected chi connectivity index (χ4v) is 3.59. The SMILES string of the molecule is CCCNCc1ccc(SCC2CCCC2)cc1. The maximum atomic E-state index is 3.44. The molecule has 0 amide bonds. The average molecular weight is 263 g/mol. The Hall–Kier alpha value is -0.470. The van der Waals surface area contributed by atoms with Crippen molar-refractivity contribution in [1.82, 2.24) is 5.32 Å². The Balaban J connectivity index is 1.72. The van der Waals surface area contributed by atoms with Crippen LogP contribution in [0, 0.1) is 5.92 Å². The van der Waals surface area contributed by atoms with Crippen molar-refractivity contribution >= 4 is 11.8 Å². The molecule has 1 saturated carbocycles. The molecule has 0 radical (unpaired) electrons. The highest BCUT2D eigenvalue weighted by Gasteiger charge is 2.14. The topological polar surface area (TPSA) is 12.0 Å². The summed E-state index contributed by atoms with van der Waals surface area (Å²) in [6.45, 7) is 4.31. The lowest BCUT2D eigenvalue weighted by molar-refractivity contribution is 0.623. The first-order valence-electron chi connectivity index (χ1n) is 7.31. The van der Waals surface area contributed by atoms with E-state index in [-0.39, 0.29) is 0 Å². The highest BCUT2D eigenvalue weighted by atomic mass is 32.2. The first-order chi connectivity index (χ1) is 8.88. The van der Waals surface area contributed by atoms with Crippen molar-refractivity contribution in [2.45, 2.75) is 50.5 Å². The Kier molecular flexibility index (Phi) is 6.09. The predicted molar refractivity (Wildman–Crippen MR) is 81.1 cm³/mol. The third-order valence-corrected chi connectivity index (χ3v) is 4.88. The minimum absolute atomic E-state index is 0.973. The van der Waals surface area contributed by atoms with E-state index in [4.69, 9.17) is 0 Å². The third kappa shape index (κ3) is 4.66. The van der Waals surface area contributed by atoms with Crippen molar-refractivity contribution in [1.29, 1.82) is 0 Å². The molecule has 1 aromatic rings. The first-order valence-corrected chi connectivity index (χ1v) is 8.29. The van der Waals surface area contributed by atoms with Crippen LogP contribution in [0.5, 0.6) is 0 Å². The van der Waals surface area contributed by atoms with E-state index in [9.17, 15) is 0 Å². The van der Waals surface area contributed by atoms with Crippen molar-refractivity contribution in [2.24, 2.45) is 5.92 Å². The molecule has 2 rings (SSSR count). The summed E-state index contributed by atoms with van der Waals surface area (Å²) < 4.78 is 0. The normalized spacial score (nSPS) is 16.3. The van der Waals surface area contributed by atoms with Crippen molar-refractivity contribution in [3.05, 3.63) is 29.8 Å². The van der Waals surface area contributed by atoms with Gasteiger partial charge in [0.25, 0.3) is 0 Å². The van der Waals surface area contributed by atoms with E-state index in [2.05, 4.69) is 36.5 Å². The van der Waals surface area contributed by atoms with E-state index in [1.165, 1.54) is 48.3 Å². The molecule has 1 N–H and O–H groups in total. The lowest BCUT2D eigenvalue weighted by Crippen LogP contribution is -2.13. The Labute approximate surface area is 116 Å². The minimum atomic E-state index is 0.973. The zero-order chi connectivity index (χ0) is 12.6. The molecule has 0 bridgehead atoms. The zero-order valence-corrected chi connectivity index (χ0v) is 12.3. The lowest BCUT2D eigenvalue weighted by Gasteiger charge is -2.09. The summed E-state index contributed by atoms with van der Waals surface area (Å²) in [4.78, 5) is 1.43. The Bertz CT molecular complexity index is 327. The molecule has 0 spiro atoms. The molecule has 0 heterocycles. The van der Waals surface area contributed by atoms with Crippen LogP contribution in [0.15, 0.2) is 29.2 Å². The van der Waals surface area contributed by atoms with Gasteiger partial charge in [0.15, 0.2) is 0 Å².